The molecule has 3 rings (SSSR count). The number of para-hydroxylation sites is 1. The first-order valence-corrected chi connectivity index (χ1v) is 9.15. The van der Waals surface area contributed by atoms with Crippen LogP contribution in [0.15, 0.2) is 66.9 Å². The van der Waals surface area contributed by atoms with Gasteiger partial charge in [0.2, 0.25) is 5.95 Å². The lowest BCUT2D eigenvalue weighted by atomic mass is 10.0. The van der Waals surface area contributed by atoms with E-state index in [1.807, 2.05) is 49.4 Å². The summed E-state index contributed by atoms with van der Waals surface area (Å²) in [4.78, 5) is 23.3. The van der Waals surface area contributed by atoms with Crippen LogP contribution in [0.4, 0.5) is 17.3 Å². The van der Waals surface area contributed by atoms with Gasteiger partial charge in [-0.1, -0.05) is 44.2 Å². The van der Waals surface area contributed by atoms with Crippen LogP contribution in [-0.2, 0) is 0 Å². The summed E-state index contributed by atoms with van der Waals surface area (Å²) in [5.41, 5.74) is 3.37. The summed E-state index contributed by atoms with van der Waals surface area (Å²) in [7, 11) is 0. The highest BCUT2D eigenvalue weighted by Crippen LogP contribution is 2.20. The number of nitrogens with one attached hydrogen (secondary N) is 1. The Balaban J connectivity index is 1.79. The fourth-order valence-electron chi connectivity index (χ4n) is 2.81. The number of anilines is 3. The van der Waals surface area contributed by atoms with Gasteiger partial charge in [0.05, 0.1) is 0 Å². The molecule has 5 nitrogen and oxygen atoms in total. The standard InChI is InChI=1S/C22H24N4O/c1-4-26(19-8-6-5-7-9-19)21(27)20-14-15-23-22(25-20)24-18-12-10-17(11-13-18)16(2)3/h5-16H,4H2,1-3H3,(H,23,24,25). The zero-order valence-electron chi connectivity index (χ0n) is 15.9. The van der Waals surface area contributed by atoms with Gasteiger partial charge in [-0.25, -0.2) is 9.97 Å². The van der Waals surface area contributed by atoms with E-state index in [2.05, 4.69) is 41.3 Å². The van der Waals surface area contributed by atoms with Crippen LogP contribution >= 0.6 is 0 Å². The number of aromatic nitrogens is 2. The van der Waals surface area contributed by atoms with Crippen molar-refractivity contribution in [1.82, 2.24) is 9.97 Å². The maximum atomic E-state index is 12.9. The zero-order valence-corrected chi connectivity index (χ0v) is 15.9. The number of benzene rings is 2. The largest absolute Gasteiger partial charge is 0.324 e. The van der Waals surface area contributed by atoms with Gasteiger partial charge in [-0.15, -0.1) is 0 Å². The highest BCUT2D eigenvalue weighted by atomic mass is 16.2. The van der Waals surface area contributed by atoms with Crippen LogP contribution in [0.5, 0.6) is 0 Å². The van der Waals surface area contributed by atoms with E-state index in [1.165, 1.54) is 5.56 Å². The average Bonchev–Trinajstić information content (AvgIpc) is 2.70. The molecule has 1 aromatic heterocycles. The Hall–Kier alpha value is -3.21. The Morgan fingerprint density at radius 1 is 1.04 bits per heavy atom. The quantitative estimate of drug-likeness (QED) is 0.671. The van der Waals surface area contributed by atoms with Crippen molar-refractivity contribution < 1.29 is 4.79 Å². The van der Waals surface area contributed by atoms with Gasteiger partial charge in [0, 0.05) is 24.1 Å². The Bertz CT molecular complexity index is 892. The molecule has 2 aromatic carbocycles. The third kappa shape index (κ3) is 4.50. The third-order valence-corrected chi connectivity index (χ3v) is 4.34. The molecule has 0 fully saturated rings. The third-order valence-electron chi connectivity index (χ3n) is 4.34. The van der Waals surface area contributed by atoms with Crippen LogP contribution in [0.3, 0.4) is 0 Å². The molecule has 0 radical (unpaired) electrons. The highest BCUT2D eigenvalue weighted by molar-refractivity contribution is 6.04. The summed E-state index contributed by atoms with van der Waals surface area (Å²) < 4.78 is 0. The van der Waals surface area contributed by atoms with Crippen LogP contribution in [-0.4, -0.2) is 22.4 Å². The molecule has 0 saturated heterocycles. The van der Waals surface area contributed by atoms with Crippen molar-refractivity contribution in [1.29, 1.82) is 0 Å². The van der Waals surface area contributed by atoms with E-state index in [0.29, 0.717) is 24.1 Å². The maximum absolute atomic E-state index is 12.9. The van der Waals surface area contributed by atoms with Gasteiger partial charge in [-0.3, -0.25) is 4.79 Å². The monoisotopic (exact) mass is 360 g/mol. The van der Waals surface area contributed by atoms with E-state index < -0.39 is 0 Å². The van der Waals surface area contributed by atoms with Gasteiger partial charge in [0.1, 0.15) is 5.69 Å². The fraction of sp³-hybridized carbons (Fsp3) is 0.227. The van der Waals surface area contributed by atoms with Gasteiger partial charge in [0.25, 0.3) is 5.91 Å². The number of nitrogens with zero attached hydrogens (tertiary/aromatic N) is 3. The normalized spacial score (nSPS) is 10.7. The van der Waals surface area contributed by atoms with E-state index in [4.69, 9.17) is 0 Å². The van der Waals surface area contributed by atoms with Gasteiger partial charge in [0.15, 0.2) is 0 Å². The van der Waals surface area contributed by atoms with Crippen molar-refractivity contribution in [2.24, 2.45) is 0 Å². The molecule has 0 spiro atoms. The average molecular weight is 360 g/mol. The first-order chi connectivity index (χ1) is 13.1. The molecule has 3 aromatic rings. The first kappa shape index (κ1) is 18.6. The van der Waals surface area contributed by atoms with Gasteiger partial charge in [-0.05, 0) is 48.7 Å². The smallest absolute Gasteiger partial charge is 0.277 e. The summed E-state index contributed by atoms with van der Waals surface area (Å²) in [5, 5.41) is 3.17. The predicted octanol–water partition coefficient (Wildman–Crippen LogP) is 5.01. The second-order valence-corrected chi connectivity index (χ2v) is 6.55. The first-order valence-electron chi connectivity index (χ1n) is 9.15. The van der Waals surface area contributed by atoms with E-state index in [1.54, 1.807) is 17.2 Å². The van der Waals surface area contributed by atoms with Crippen molar-refractivity contribution in [2.75, 3.05) is 16.8 Å². The lowest BCUT2D eigenvalue weighted by molar-refractivity contribution is 0.0983. The van der Waals surface area contributed by atoms with Gasteiger partial charge < -0.3 is 10.2 Å². The molecule has 0 atom stereocenters. The lowest BCUT2D eigenvalue weighted by Gasteiger charge is -2.20. The van der Waals surface area contributed by atoms with Crippen molar-refractivity contribution in [3.05, 3.63) is 78.1 Å². The molecule has 1 amide bonds. The Labute approximate surface area is 160 Å². The Morgan fingerprint density at radius 2 is 1.74 bits per heavy atom. The highest BCUT2D eigenvalue weighted by Gasteiger charge is 2.18. The minimum absolute atomic E-state index is 0.149. The van der Waals surface area contributed by atoms with Crippen LogP contribution in [0.1, 0.15) is 42.7 Å². The zero-order chi connectivity index (χ0) is 19.2. The van der Waals surface area contributed by atoms with Crippen LogP contribution < -0.4 is 10.2 Å². The van der Waals surface area contributed by atoms with E-state index >= 15 is 0 Å². The molecule has 1 heterocycles. The minimum atomic E-state index is -0.149. The summed E-state index contributed by atoms with van der Waals surface area (Å²) >= 11 is 0. The SMILES string of the molecule is CCN(C(=O)c1ccnc(Nc2ccc(C(C)C)cc2)n1)c1ccccc1. The summed E-state index contributed by atoms with van der Waals surface area (Å²) in [6.45, 7) is 6.83. The minimum Gasteiger partial charge on any atom is -0.324 e. The fourth-order valence-corrected chi connectivity index (χ4v) is 2.81. The summed E-state index contributed by atoms with van der Waals surface area (Å²) in [6, 6.07) is 19.4. The van der Waals surface area contributed by atoms with Crippen molar-refractivity contribution in [3.8, 4) is 0 Å². The lowest BCUT2D eigenvalue weighted by Crippen LogP contribution is -2.31. The summed E-state index contributed by atoms with van der Waals surface area (Å²) in [5.74, 6) is 0.737. The molecule has 138 valence electrons. The van der Waals surface area contributed by atoms with E-state index in [-0.39, 0.29) is 5.91 Å². The van der Waals surface area contributed by atoms with E-state index in [0.717, 1.165) is 11.4 Å². The molecule has 0 aliphatic heterocycles. The number of amides is 1. The van der Waals surface area contributed by atoms with Gasteiger partial charge >= 0.3 is 0 Å². The predicted molar refractivity (Wildman–Crippen MR) is 110 cm³/mol. The number of carbonyl (C=O) groups is 1. The Kier molecular flexibility index (Phi) is 5.81. The van der Waals surface area contributed by atoms with Gasteiger partial charge in [-0.2, -0.15) is 0 Å². The number of hydrogen-bond donors (Lipinski definition) is 1. The van der Waals surface area contributed by atoms with Crippen LogP contribution in [0.2, 0.25) is 0 Å². The molecule has 0 aliphatic rings. The topological polar surface area (TPSA) is 58.1 Å². The molecular weight excluding hydrogens is 336 g/mol. The second kappa shape index (κ2) is 8.45. The van der Waals surface area contributed by atoms with E-state index in [9.17, 15) is 4.79 Å². The molecule has 27 heavy (non-hydrogen) atoms. The summed E-state index contributed by atoms with van der Waals surface area (Å²) in [6.07, 6.45) is 1.60. The van der Waals surface area contributed by atoms with Crippen LogP contribution in [0, 0.1) is 0 Å². The molecule has 1 N–H and O–H groups in total. The van der Waals surface area contributed by atoms with Crippen molar-refractivity contribution >= 4 is 23.2 Å². The number of hydrogen-bond acceptors (Lipinski definition) is 4. The number of carbonyl (C=O) groups excluding carboxylic acids is 1. The molecule has 0 aliphatic carbocycles. The molecule has 0 saturated carbocycles. The van der Waals surface area contributed by atoms with Crippen LogP contribution in [0.25, 0.3) is 0 Å². The maximum Gasteiger partial charge on any atom is 0.277 e. The molecular formula is C22H24N4O. The molecule has 5 heteroatoms. The van der Waals surface area contributed by atoms with Crippen molar-refractivity contribution in [2.45, 2.75) is 26.7 Å². The number of rotatable bonds is 6. The van der Waals surface area contributed by atoms with Crippen molar-refractivity contribution in [3.63, 3.8) is 0 Å². The Morgan fingerprint density at radius 3 is 2.37 bits per heavy atom. The second-order valence-electron chi connectivity index (χ2n) is 6.55. The molecule has 0 unspecified atom stereocenters. The molecule has 0 bridgehead atoms.